The molecule has 1 amide bonds. The minimum absolute atomic E-state index is 0.163. The van der Waals surface area contributed by atoms with Crippen LogP contribution in [0.2, 0.25) is 0 Å². The molecule has 0 atom stereocenters. The van der Waals surface area contributed by atoms with Gasteiger partial charge < -0.3 is 9.80 Å². The number of carbonyl (C=O) groups excluding carboxylic acids is 1. The Bertz CT molecular complexity index is 763. The van der Waals surface area contributed by atoms with Crippen LogP contribution in [0.1, 0.15) is 23.4 Å². The van der Waals surface area contributed by atoms with Gasteiger partial charge in [-0.3, -0.25) is 9.48 Å². The van der Waals surface area contributed by atoms with Crippen molar-refractivity contribution < 1.29 is 9.18 Å². The first-order valence-corrected chi connectivity index (χ1v) is 8.73. The molecule has 0 N–H and O–H groups in total. The van der Waals surface area contributed by atoms with Gasteiger partial charge in [-0.1, -0.05) is 12.1 Å². The first kappa shape index (κ1) is 17.5. The Morgan fingerprint density at radius 1 is 1.16 bits per heavy atom. The van der Waals surface area contributed by atoms with Crippen LogP contribution in [0.25, 0.3) is 0 Å². The summed E-state index contributed by atoms with van der Waals surface area (Å²) >= 11 is 0. The molecule has 25 heavy (non-hydrogen) atoms. The number of para-hydroxylation sites is 1. The molecule has 1 aromatic carbocycles. The summed E-state index contributed by atoms with van der Waals surface area (Å²) in [6.45, 7) is 6.62. The van der Waals surface area contributed by atoms with Crippen molar-refractivity contribution >= 4 is 11.6 Å². The summed E-state index contributed by atoms with van der Waals surface area (Å²) in [5.74, 6) is -0.0411. The summed E-state index contributed by atoms with van der Waals surface area (Å²) in [6.07, 6.45) is 1.21. The van der Waals surface area contributed by atoms with Gasteiger partial charge in [-0.15, -0.1) is 0 Å². The van der Waals surface area contributed by atoms with E-state index in [1.54, 1.807) is 12.1 Å². The third kappa shape index (κ3) is 3.67. The normalized spacial score (nSPS) is 14.9. The Kier molecular flexibility index (Phi) is 5.06. The predicted molar refractivity (Wildman–Crippen MR) is 96.2 cm³/mol. The molecular formula is C19H25FN4O. The molecule has 2 heterocycles. The van der Waals surface area contributed by atoms with E-state index in [2.05, 4.69) is 5.10 Å². The number of benzene rings is 1. The molecule has 5 nitrogen and oxygen atoms in total. The number of hydrogen-bond acceptors (Lipinski definition) is 3. The quantitative estimate of drug-likeness (QED) is 0.856. The third-order valence-electron chi connectivity index (χ3n) is 5.07. The summed E-state index contributed by atoms with van der Waals surface area (Å²) in [5.41, 5.74) is 3.91. The van der Waals surface area contributed by atoms with Crippen molar-refractivity contribution in [3.63, 3.8) is 0 Å². The fourth-order valence-corrected chi connectivity index (χ4v) is 3.47. The molecule has 0 radical (unpaired) electrons. The van der Waals surface area contributed by atoms with Crippen LogP contribution in [0.15, 0.2) is 24.3 Å². The molecule has 0 bridgehead atoms. The average molecular weight is 344 g/mol. The SMILES string of the molecule is Cc1nn(C)c(C)c1CCC(=O)N1CCN(c2ccccc2F)CC1. The summed E-state index contributed by atoms with van der Waals surface area (Å²) in [6, 6.07) is 6.81. The van der Waals surface area contributed by atoms with E-state index >= 15 is 0 Å². The lowest BCUT2D eigenvalue weighted by molar-refractivity contribution is -0.131. The van der Waals surface area contributed by atoms with Crippen molar-refractivity contribution in [1.29, 1.82) is 0 Å². The van der Waals surface area contributed by atoms with Gasteiger partial charge in [0, 0.05) is 45.3 Å². The van der Waals surface area contributed by atoms with Gasteiger partial charge in [0.05, 0.1) is 11.4 Å². The number of aromatic nitrogens is 2. The van der Waals surface area contributed by atoms with Crippen molar-refractivity contribution in [2.45, 2.75) is 26.7 Å². The molecule has 3 rings (SSSR count). The minimum atomic E-state index is -0.204. The molecule has 1 aromatic heterocycles. The lowest BCUT2D eigenvalue weighted by atomic mass is 10.1. The zero-order valence-corrected chi connectivity index (χ0v) is 15.1. The molecule has 2 aromatic rings. The second kappa shape index (κ2) is 7.25. The molecule has 1 fully saturated rings. The molecule has 0 spiro atoms. The Labute approximate surface area is 148 Å². The van der Waals surface area contributed by atoms with Crippen LogP contribution in [-0.2, 0) is 18.3 Å². The summed E-state index contributed by atoms with van der Waals surface area (Å²) in [4.78, 5) is 16.4. The molecule has 6 heteroatoms. The van der Waals surface area contributed by atoms with Crippen LogP contribution in [-0.4, -0.2) is 46.8 Å². The second-order valence-corrected chi connectivity index (χ2v) is 6.59. The van der Waals surface area contributed by atoms with E-state index in [0.717, 1.165) is 17.8 Å². The Hall–Kier alpha value is -2.37. The number of anilines is 1. The Balaban J connectivity index is 1.54. The number of piperazine rings is 1. The van der Waals surface area contributed by atoms with E-state index in [1.807, 2.05) is 41.4 Å². The number of halogens is 1. The lowest BCUT2D eigenvalue weighted by Crippen LogP contribution is -2.49. The zero-order valence-electron chi connectivity index (χ0n) is 15.1. The molecule has 1 aliphatic rings. The topological polar surface area (TPSA) is 41.4 Å². The maximum atomic E-state index is 13.9. The highest BCUT2D eigenvalue weighted by Crippen LogP contribution is 2.21. The van der Waals surface area contributed by atoms with E-state index in [0.29, 0.717) is 38.3 Å². The maximum Gasteiger partial charge on any atom is 0.223 e. The van der Waals surface area contributed by atoms with E-state index in [1.165, 1.54) is 11.6 Å². The Morgan fingerprint density at radius 2 is 1.84 bits per heavy atom. The number of aryl methyl sites for hydroxylation is 2. The largest absolute Gasteiger partial charge is 0.366 e. The first-order valence-electron chi connectivity index (χ1n) is 8.73. The van der Waals surface area contributed by atoms with Gasteiger partial charge in [0.15, 0.2) is 0 Å². The van der Waals surface area contributed by atoms with Gasteiger partial charge in [-0.2, -0.15) is 5.10 Å². The smallest absolute Gasteiger partial charge is 0.223 e. The van der Waals surface area contributed by atoms with Crippen molar-refractivity contribution in [2.75, 3.05) is 31.1 Å². The highest BCUT2D eigenvalue weighted by atomic mass is 19.1. The number of carbonyl (C=O) groups is 1. The molecule has 1 saturated heterocycles. The fraction of sp³-hybridized carbons (Fsp3) is 0.474. The summed E-state index contributed by atoms with van der Waals surface area (Å²) in [7, 11) is 1.93. The van der Waals surface area contributed by atoms with Crippen LogP contribution in [0.3, 0.4) is 0 Å². The number of hydrogen-bond donors (Lipinski definition) is 0. The van der Waals surface area contributed by atoms with Crippen LogP contribution in [0.5, 0.6) is 0 Å². The average Bonchev–Trinajstić information content (AvgIpc) is 2.85. The van der Waals surface area contributed by atoms with Crippen molar-refractivity contribution in [3.8, 4) is 0 Å². The number of rotatable bonds is 4. The van der Waals surface area contributed by atoms with E-state index in [-0.39, 0.29) is 11.7 Å². The third-order valence-corrected chi connectivity index (χ3v) is 5.07. The highest BCUT2D eigenvalue weighted by Gasteiger charge is 2.23. The molecule has 0 unspecified atom stereocenters. The second-order valence-electron chi connectivity index (χ2n) is 6.59. The molecule has 0 aliphatic carbocycles. The standard InChI is InChI=1S/C19H25FN4O/c1-14-16(15(2)22(3)21-14)8-9-19(25)24-12-10-23(11-13-24)18-7-5-4-6-17(18)20/h4-7H,8-13H2,1-3H3. The van der Waals surface area contributed by atoms with Gasteiger partial charge in [-0.05, 0) is 38.0 Å². The predicted octanol–water partition coefficient (Wildman–Crippen LogP) is 2.46. The number of amides is 1. The van der Waals surface area contributed by atoms with Gasteiger partial charge in [-0.25, -0.2) is 4.39 Å². The highest BCUT2D eigenvalue weighted by molar-refractivity contribution is 5.77. The minimum Gasteiger partial charge on any atom is -0.366 e. The Morgan fingerprint density at radius 3 is 2.44 bits per heavy atom. The van der Waals surface area contributed by atoms with Crippen molar-refractivity contribution in [1.82, 2.24) is 14.7 Å². The fourth-order valence-electron chi connectivity index (χ4n) is 3.47. The van der Waals surface area contributed by atoms with Crippen LogP contribution >= 0.6 is 0 Å². The monoisotopic (exact) mass is 344 g/mol. The van der Waals surface area contributed by atoms with Gasteiger partial charge in [0.2, 0.25) is 5.91 Å². The first-order chi connectivity index (χ1) is 12.0. The van der Waals surface area contributed by atoms with E-state index in [4.69, 9.17) is 0 Å². The van der Waals surface area contributed by atoms with Crippen LogP contribution < -0.4 is 4.90 Å². The van der Waals surface area contributed by atoms with E-state index < -0.39 is 0 Å². The molecule has 1 aliphatic heterocycles. The lowest BCUT2D eigenvalue weighted by Gasteiger charge is -2.36. The van der Waals surface area contributed by atoms with Gasteiger partial charge in [0.25, 0.3) is 0 Å². The van der Waals surface area contributed by atoms with Crippen LogP contribution in [0, 0.1) is 19.7 Å². The van der Waals surface area contributed by atoms with Crippen molar-refractivity contribution in [3.05, 3.63) is 47.0 Å². The molecule has 134 valence electrons. The molecule has 0 saturated carbocycles. The zero-order chi connectivity index (χ0) is 18.0. The maximum absolute atomic E-state index is 13.9. The summed E-state index contributed by atoms with van der Waals surface area (Å²) in [5, 5.41) is 4.40. The summed E-state index contributed by atoms with van der Waals surface area (Å²) < 4.78 is 15.7. The molecular weight excluding hydrogens is 319 g/mol. The van der Waals surface area contributed by atoms with E-state index in [9.17, 15) is 9.18 Å². The van der Waals surface area contributed by atoms with Gasteiger partial charge >= 0.3 is 0 Å². The number of nitrogens with zero attached hydrogens (tertiary/aromatic N) is 4. The van der Waals surface area contributed by atoms with Gasteiger partial charge in [0.1, 0.15) is 5.82 Å². The van der Waals surface area contributed by atoms with Crippen LogP contribution in [0.4, 0.5) is 10.1 Å². The van der Waals surface area contributed by atoms with Crippen molar-refractivity contribution in [2.24, 2.45) is 7.05 Å².